The first-order valence-corrected chi connectivity index (χ1v) is 6.38. The van der Waals surface area contributed by atoms with E-state index in [-0.39, 0.29) is 12.1 Å². The molecule has 94 valence electrons. The van der Waals surface area contributed by atoms with Gasteiger partial charge in [-0.2, -0.15) is 0 Å². The molecule has 1 aromatic rings. The van der Waals surface area contributed by atoms with Gasteiger partial charge in [-0.15, -0.1) is 0 Å². The number of fused-ring (bicyclic) bond motifs is 1. The Morgan fingerprint density at radius 3 is 2.88 bits per heavy atom. The molecule has 1 heterocycles. The van der Waals surface area contributed by atoms with E-state index in [1.165, 1.54) is 11.1 Å². The topological polar surface area (TPSA) is 44.3 Å². The van der Waals surface area contributed by atoms with Crippen LogP contribution in [0.1, 0.15) is 31.0 Å². The Bertz CT molecular complexity index is 365. The molecule has 0 aliphatic carbocycles. The van der Waals surface area contributed by atoms with E-state index in [1.54, 1.807) is 0 Å². The zero-order valence-corrected chi connectivity index (χ0v) is 10.6. The van der Waals surface area contributed by atoms with Crippen molar-refractivity contribution >= 4 is 0 Å². The molecule has 0 spiro atoms. The van der Waals surface area contributed by atoms with E-state index in [2.05, 4.69) is 36.6 Å². The molecule has 0 bridgehead atoms. The number of benzene rings is 1. The Morgan fingerprint density at radius 1 is 1.35 bits per heavy atom. The lowest BCUT2D eigenvalue weighted by Gasteiger charge is -2.20. The molecule has 3 N–H and O–H groups in total. The first kappa shape index (κ1) is 12.6. The molecule has 0 aromatic heterocycles. The van der Waals surface area contributed by atoms with Gasteiger partial charge in [0.05, 0.1) is 12.1 Å². The summed E-state index contributed by atoms with van der Waals surface area (Å²) in [7, 11) is 0. The van der Waals surface area contributed by atoms with Crippen molar-refractivity contribution in [3.05, 3.63) is 35.4 Å². The van der Waals surface area contributed by atoms with E-state index in [1.807, 2.05) is 12.1 Å². The summed E-state index contributed by atoms with van der Waals surface area (Å²) in [6.45, 7) is 6.79. The van der Waals surface area contributed by atoms with Gasteiger partial charge in [-0.05, 0) is 23.6 Å². The highest BCUT2D eigenvalue weighted by Gasteiger charge is 2.27. The fourth-order valence-electron chi connectivity index (χ4n) is 2.31. The maximum absolute atomic E-state index is 10.2. The molecule has 0 radical (unpaired) electrons. The molecule has 2 unspecified atom stereocenters. The second-order valence-corrected chi connectivity index (χ2v) is 5.18. The maximum Gasteiger partial charge on any atom is 0.0859 e. The van der Waals surface area contributed by atoms with Crippen molar-refractivity contribution < 1.29 is 5.11 Å². The van der Waals surface area contributed by atoms with Crippen LogP contribution in [0.25, 0.3) is 0 Å². The van der Waals surface area contributed by atoms with Crippen LogP contribution in [-0.4, -0.2) is 24.3 Å². The van der Waals surface area contributed by atoms with E-state index >= 15 is 0 Å². The standard InChI is InChI=1S/C14H22N2O/c1-10(2)7-15-9-13(17)14-12-6-4-3-5-11(12)8-16-14/h3-6,10,13-17H,7-9H2,1-2H3. The molecule has 3 nitrogen and oxygen atoms in total. The summed E-state index contributed by atoms with van der Waals surface area (Å²) < 4.78 is 0. The third kappa shape index (κ3) is 3.06. The number of rotatable bonds is 5. The third-order valence-corrected chi connectivity index (χ3v) is 3.19. The fourth-order valence-corrected chi connectivity index (χ4v) is 2.31. The Balaban J connectivity index is 1.91. The van der Waals surface area contributed by atoms with Gasteiger partial charge in [0.25, 0.3) is 0 Å². The summed E-state index contributed by atoms with van der Waals surface area (Å²) in [6, 6.07) is 8.38. The Morgan fingerprint density at radius 2 is 2.12 bits per heavy atom. The summed E-state index contributed by atoms with van der Waals surface area (Å²) in [5.41, 5.74) is 2.55. The van der Waals surface area contributed by atoms with Crippen LogP contribution in [0.2, 0.25) is 0 Å². The molecule has 1 aliphatic rings. The van der Waals surface area contributed by atoms with Gasteiger partial charge in [-0.1, -0.05) is 38.1 Å². The Kier molecular flexibility index (Phi) is 4.15. The molecule has 2 atom stereocenters. The normalized spacial score (nSPS) is 20.6. The van der Waals surface area contributed by atoms with E-state index in [9.17, 15) is 5.11 Å². The third-order valence-electron chi connectivity index (χ3n) is 3.19. The van der Waals surface area contributed by atoms with Crippen molar-refractivity contribution in [3.8, 4) is 0 Å². The number of hydrogen-bond donors (Lipinski definition) is 3. The van der Waals surface area contributed by atoms with E-state index in [0.29, 0.717) is 12.5 Å². The minimum atomic E-state index is -0.364. The lowest BCUT2D eigenvalue weighted by atomic mass is 10.0. The summed E-state index contributed by atoms with van der Waals surface area (Å²) in [5, 5.41) is 16.9. The lowest BCUT2D eigenvalue weighted by Crippen LogP contribution is -2.37. The predicted molar refractivity (Wildman–Crippen MR) is 69.7 cm³/mol. The summed E-state index contributed by atoms with van der Waals surface area (Å²) in [4.78, 5) is 0. The molecule has 2 rings (SSSR count). The van der Waals surface area contributed by atoms with Gasteiger partial charge in [-0.25, -0.2) is 0 Å². The number of nitrogens with one attached hydrogen (secondary N) is 2. The molecular weight excluding hydrogens is 212 g/mol. The van der Waals surface area contributed by atoms with Crippen LogP contribution in [0, 0.1) is 5.92 Å². The van der Waals surface area contributed by atoms with E-state index < -0.39 is 0 Å². The zero-order chi connectivity index (χ0) is 12.3. The van der Waals surface area contributed by atoms with Crippen molar-refractivity contribution in [3.63, 3.8) is 0 Å². The molecule has 0 saturated heterocycles. The summed E-state index contributed by atoms with van der Waals surface area (Å²) in [5.74, 6) is 0.617. The molecule has 0 fully saturated rings. The van der Waals surface area contributed by atoms with Crippen LogP contribution in [-0.2, 0) is 6.54 Å². The SMILES string of the molecule is CC(C)CNCC(O)C1NCc2ccccc21. The Hall–Kier alpha value is -0.900. The van der Waals surface area contributed by atoms with Crippen LogP contribution in [0.5, 0.6) is 0 Å². The van der Waals surface area contributed by atoms with Crippen LogP contribution < -0.4 is 10.6 Å². The Labute approximate surface area is 103 Å². The maximum atomic E-state index is 10.2. The second kappa shape index (κ2) is 5.63. The predicted octanol–water partition coefficient (Wildman–Crippen LogP) is 1.44. The molecule has 17 heavy (non-hydrogen) atoms. The number of aliphatic hydroxyl groups excluding tert-OH is 1. The van der Waals surface area contributed by atoms with Gasteiger partial charge in [0.15, 0.2) is 0 Å². The molecule has 3 heteroatoms. The zero-order valence-electron chi connectivity index (χ0n) is 10.6. The van der Waals surface area contributed by atoms with Gasteiger partial charge in [0, 0.05) is 13.1 Å². The lowest BCUT2D eigenvalue weighted by molar-refractivity contribution is 0.129. The average molecular weight is 234 g/mol. The van der Waals surface area contributed by atoms with Gasteiger partial charge >= 0.3 is 0 Å². The van der Waals surface area contributed by atoms with Gasteiger partial charge in [-0.3, -0.25) is 0 Å². The highest BCUT2D eigenvalue weighted by Crippen LogP contribution is 2.27. The molecule has 0 saturated carbocycles. The van der Waals surface area contributed by atoms with E-state index in [4.69, 9.17) is 0 Å². The van der Waals surface area contributed by atoms with Crippen molar-refractivity contribution in [1.29, 1.82) is 0 Å². The van der Waals surface area contributed by atoms with Crippen LogP contribution >= 0.6 is 0 Å². The number of hydrogen-bond acceptors (Lipinski definition) is 3. The van der Waals surface area contributed by atoms with Gasteiger partial charge in [0.1, 0.15) is 0 Å². The molecule has 0 amide bonds. The van der Waals surface area contributed by atoms with Crippen LogP contribution in [0.3, 0.4) is 0 Å². The summed E-state index contributed by atoms with van der Waals surface area (Å²) >= 11 is 0. The monoisotopic (exact) mass is 234 g/mol. The van der Waals surface area contributed by atoms with Crippen molar-refractivity contribution in [2.75, 3.05) is 13.1 Å². The van der Waals surface area contributed by atoms with E-state index in [0.717, 1.165) is 13.1 Å². The molecule has 1 aromatic carbocycles. The van der Waals surface area contributed by atoms with Crippen molar-refractivity contribution in [2.24, 2.45) is 5.92 Å². The minimum absolute atomic E-state index is 0.0749. The highest BCUT2D eigenvalue weighted by atomic mass is 16.3. The van der Waals surface area contributed by atoms with Gasteiger partial charge < -0.3 is 15.7 Å². The fraction of sp³-hybridized carbons (Fsp3) is 0.571. The minimum Gasteiger partial charge on any atom is -0.390 e. The first-order chi connectivity index (χ1) is 8.18. The van der Waals surface area contributed by atoms with Crippen LogP contribution in [0.4, 0.5) is 0 Å². The largest absolute Gasteiger partial charge is 0.390 e. The van der Waals surface area contributed by atoms with Crippen molar-refractivity contribution in [2.45, 2.75) is 32.5 Å². The van der Waals surface area contributed by atoms with Crippen LogP contribution in [0.15, 0.2) is 24.3 Å². The second-order valence-electron chi connectivity index (χ2n) is 5.18. The average Bonchev–Trinajstić information content (AvgIpc) is 2.72. The molecular formula is C14H22N2O. The summed E-state index contributed by atoms with van der Waals surface area (Å²) in [6.07, 6.45) is -0.364. The molecule has 1 aliphatic heterocycles. The first-order valence-electron chi connectivity index (χ1n) is 6.38. The number of aliphatic hydroxyl groups is 1. The smallest absolute Gasteiger partial charge is 0.0859 e. The van der Waals surface area contributed by atoms with Crippen molar-refractivity contribution in [1.82, 2.24) is 10.6 Å². The highest BCUT2D eigenvalue weighted by molar-refractivity contribution is 5.34. The van der Waals surface area contributed by atoms with Gasteiger partial charge in [0.2, 0.25) is 0 Å². The quantitative estimate of drug-likeness (QED) is 0.722.